The molecule has 0 rings (SSSR count). The number of unbranched alkanes of at least 4 members (excludes halogenated alkanes) is 45. The van der Waals surface area contributed by atoms with E-state index < -0.39 is 12.1 Å². The van der Waals surface area contributed by atoms with Gasteiger partial charge in [0.15, 0.2) is 0 Å². The summed E-state index contributed by atoms with van der Waals surface area (Å²) in [5, 5.41) is 23.2. The van der Waals surface area contributed by atoms with Crippen molar-refractivity contribution in [3.63, 3.8) is 0 Å². The number of esters is 1. The third-order valence-corrected chi connectivity index (χ3v) is 14.2. The summed E-state index contributed by atoms with van der Waals surface area (Å²) in [6, 6.07) is -0.540. The molecule has 0 saturated heterocycles. The number of hydrogen-bond donors (Lipinski definition) is 3. The minimum Gasteiger partial charge on any atom is -0.466 e. The number of carbonyl (C=O) groups excluding carboxylic acids is 2. The molecule has 65 heavy (non-hydrogen) atoms. The zero-order valence-corrected chi connectivity index (χ0v) is 44.3. The van der Waals surface area contributed by atoms with Gasteiger partial charge in [-0.3, -0.25) is 9.59 Å². The largest absolute Gasteiger partial charge is 0.466 e. The van der Waals surface area contributed by atoms with Crippen LogP contribution in [-0.4, -0.2) is 47.4 Å². The van der Waals surface area contributed by atoms with Crippen molar-refractivity contribution < 1.29 is 24.5 Å². The monoisotopic (exact) mass is 920 g/mol. The van der Waals surface area contributed by atoms with Crippen LogP contribution < -0.4 is 5.32 Å². The van der Waals surface area contributed by atoms with Crippen LogP contribution >= 0.6 is 0 Å². The summed E-state index contributed by atoms with van der Waals surface area (Å²) < 4.78 is 5.48. The molecule has 0 spiro atoms. The van der Waals surface area contributed by atoms with Crippen LogP contribution in [0.25, 0.3) is 0 Å². The molecule has 2 atom stereocenters. The Balaban J connectivity index is 3.35. The highest BCUT2D eigenvalue weighted by Crippen LogP contribution is 2.18. The first-order valence-electron chi connectivity index (χ1n) is 29.8. The molecular weight excluding hydrogens is 803 g/mol. The quantitative estimate of drug-likeness (QED) is 0.0417. The van der Waals surface area contributed by atoms with Crippen LogP contribution in [0.15, 0.2) is 0 Å². The second kappa shape index (κ2) is 55.5. The third-order valence-electron chi connectivity index (χ3n) is 14.2. The van der Waals surface area contributed by atoms with Crippen LogP contribution in [0.5, 0.6) is 0 Å². The summed E-state index contributed by atoms with van der Waals surface area (Å²) in [5.41, 5.74) is 0. The fourth-order valence-electron chi connectivity index (χ4n) is 9.58. The maximum Gasteiger partial charge on any atom is 0.305 e. The van der Waals surface area contributed by atoms with Crippen molar-refractivity contribution in [2.24, 2.45) is 0 Å². The van der Waals surface area contributed by atoms with Crippen molar-refractivity contribution in [2.75, 3.05) is 13.2 Å². The number of hydrogen-bond acceptors (Lipinski definition) is 5. The van der Waals surface area contributed by atoms with E-state index in [2.05, 4.69) is 19.2 Å². The Labute approximate surface area is 406 Å². The van der Waals surface area contributed by atoms with Crippen LogP contribution in [0.1, 0.15) is 341 Å². The Kier molecular flexibility index (Phi) is 54.5. The van der Waals surface area contributed by atoms with E-state index in [0.29, 0.717) is 25.9 Å². The van der Waals surface area contributed by atoms with Gasteiger partial charge in [0.25, 0.3) is 0 Å². The van der Waals surface area contributed by atoms with E-state index in [1.807, 2.05) is 0 Å². The van der Waals surface area contributed by atoms with Gasteiger partial charge in [0.05, 0.1) is 25.4 Å². The van der Waals surface area contributed by atoms with Crippen molar-refractivity contribution in [1.82, 2.24) is 5.32 Å². The van der Waals surface area contributed by atoms with Gasteiger partial charge in [-0.25, -0.2) is 0 Å². The van der Waals surface area contributed by atoms with Gasteiger partial charge in [0.1, 0.15) is 0 Å². The van der Waals surface area contributed by atoms with Crippen molar-refractivity contribution in [2.45, 2.75) is 353 Å². The minimum atomic E-state index is -0.663. The van der Waals surface area contributed by atoms with Crippen molar-refractivity contribution in [1.29, 1.82) is 0 Å². The zero-order chi connectivity index (χ0) is 47.2. The van der Waals surface area contributed by atoms with Gasteiger partial charge < -0.3 is 20.3 Å². The lowest BCUT2D eigenvalue weighted by atomic mass is 10.0. The Morgan fingerprint density at radius 1 is 0.369 bits per heavy atom. The molecular formula is C59H117NO5. The molecule has 6 heteroatoms. The van der Waals surface area contributed by atoms with E-state index in [4.69, 9.17) is 4.74 Å². The number of amides is 1. The lowest BCUT2D eigenvalue weighted by Crippen LogP contribution is -2.45. The zero-order valence-electron chi connectivity index (χ0n) is 44.3. The second-order valence-corrected chi connectivity index (χ2v) is 20.7. The van der Waals surface area contributed by atoms with Gasteiger partial charge in [-0.15, -0.1) is 0 Å². The summed E-state index contributed by atoms with van der Waals surface area (Å²) in [4.78, 5) is 24.5. The number of aliphatic hydroxyl groups excluding tert-OH is 2. The summed E-state index contributed by atoms with van der Waals surface area (Å²) >= 11 is 0. The maximum atomic E-state index is 12.5. The SMILES string of the molecule is CCCCCCCCCCCCCCCCC(=O)OCCCCCCCCCCCCCCCCCCCCCCCC(=O)NC(CO)C(O)CCCCCCCCCCCCCCC. The van der Waals surface area contributed by atoms with E-state index in [9.17, 15) is 19.8 Å². The normalized spacial score (nSPS) is 12.5. The molecule has 0 aromatic carbocycles. The fraction of sp³-hybridized carbons (Fsp3) is 0.966. The van der Waals surface area contributed by atoms with E-state index in [1.165, 1.54) is 270 Å². The number of rotatable bonds is 56. The Morgan fingerprint density at radius 2 is 0.631 bits per heavy atom. The van der Waals surface area contributed by atoms with E-state index in [-0.39, 0.29) is 18.5 Å². The van der Waals surface area contributed by atoms with Crippen molar-refractivity contribution >= 4 is 11.9 Å². The van der Waals surface area contributed by atoms with E-state index >= 15 is 0 Å². The van der Waals surface area contributed by atoms with E-state index in [0.717, 1.165) is 38.5 Å². The molecule has 0 aliphatic carbocycles. The lowest BCUT2D eigenvalue weighted by molar-refractivity contribution is -0.143. The molecule has 0 saturated carbocycles. The highest BCUT2D eigenvalue weighted by atomic mass is 16.5. The molecule has 0 aliphatic rings. The first-order chi connectivity index (χ1) is 32.0. The van der Waals surface area contributed by atoms with Gasteiger partial charge in [0, 0.05) is 12.8 Å². The predicted molar refractivity (Wildman–Crippen MR) is 283 cm³/mol. The van der Waals surface area contributed by atoms with Crippen LogP contribution in [-0.2, 0) is 14.3 Å². The number of aliphatic hydroxyl groups is 2. The third kappa shape index (κ3) is 52.1. The molecule has 0 heterocycles. The number of nitrogens with one attached hydrogen (secondary N) is 1. The van der Waals surface area contributed by atoms with Crippen LogP contribution in [0.2, 0.25) is 0 Å². The topological polar surface area (TPSA) is 95.9 Å². The Morgan fingerprint density at radius 3 is 0.938 bits per heavy atom. The summed E-state index contributed by atoms with van der Waals surface area (Å²) in [7, 11) is 0. The average molecular weight is 921 g/mol. The molecule has 3 N–H and O–H groups in total. The summed E-state index contributed by atoms with van der Waals surface area (Å²) in [5.74, 6) is -0.0188. The van der Waals surface area contributed by atoms with Crippen molar-refractivity contribution in [3.05, 3.63) is 0 Å². The molecule has 1 amide bonds. The van der Waals surface area contributed by atoms with Crippen LogP contribution in [0.3, 0.4) is 0 Å². The van der Waals surface area contributed by atoms with Gasteiger partial charge in [-0.2, -0.15) is 0 Å². The highest BCUT2D eigenvalue weighted by Gasteiger charge is 2.20. The molecule has 2 unspecified atom stereocenters. The maximum absolute atomic E-state index is 12.5. The standard InChI is InChI=1S/C59H117NO5/c1-3-5-7-9-11-13-15-17-29-33-37-41-45-49-53-59(64)65-54-50-46-42-38-34-30-26-24-22-20-18-19-21-23-25-28-32-36-40-44-48-52-58(63)60-56(55-61)57(62)51-47-43-39-35-31-27-16-14-12-10-8-6-4-2/h56-57,61-62H,3-55H2,1-2H3,(H,60,63). The van der Waals surface area contributed by atoms with Gasteiger partial charge >= 0.3 is 5.97 Å². The molecule has 0 aliphatic heterocycles. The smallest absolute Gasteiger partial charge is 0.305 e. The molecule has 388 valence electrons. The highest BCUT2D eigenvalue weighted by molar-refractivity contribution is 5.76. The number of ether oxygens (including phenoxy) is 1. The van der Waals surface area contributed by atoms with Gasteiger partial charge in [-0.1, -0.05) is 303 Å². The summed E-state index contributed by atoms with van der Waals surface area (Å²) in [6.07, 6.45) is 63.9. The fourth-order valence-corrected chi connectivity index (χ4v) is 9.58. The van der Waals surface area contributed by atoms with Gasteiger partial charge in [-0.05, 0) is 25.7 Å². The molecule has 6 nitrogen and oxygen atoms in total. The van der Waals surface area contributed by atoms with E-state index in [1.54, 1.807) is 0 Å². The molecule has 0 aromatic rings. The minimum absolute atomic E-state index is 0.0151. The van der Waals surface area contributed by atoms with Crippen LogP contribution in [0, 0.1) is 0 Å². The molecule has 0 bridgehead atoms. The Bertz CT molecular complexity index is 928. The molecule has 0 aromatic heterocycles. The first-order valence-corrected chi connectivity index (χ1v) is 29.8. The lowest BCUT2D eigenvalue weighted by Gasteiger charge is -2.22. The average Bonchev–Trinajstić information content (AvgIpc) is 3.31. The Hall–Kier alpha value is -1.14. The molecule has 0 radical (unpaired) electrons. The van der Waals surface area contributed by atoms with Gasteiger partial charge in [0.2, 0.25) is 5.91 Å². The first kappa shape index (κ1) is 63.9. The second-order valence-electron chi connectivity index (χ2n) is 20.7. The summed E-state index contributed by atoms with van der Waals surface area (Å²) in [6.45, 7) is 4.97. The predicted octanol–water partition coefficient (Wildman–Crippen LogP) is 18.3. The number of carbonyl (C=O) groups is 2. The van der Waals surface area contributed by atoms with Crippen molar-refractivity contribution in [3.8, 4) is 0 Å². The van der Waals surface area contributed by atoms with Crippen LogP contribution in [0.4, 0.5) is 0 Å². The molecule has 0 fully saturated rings.